The van der Waals surface area contributed by atoms with Crippen LogP contribution >= 0.6 is 0 Å². The maximum absolute atomic E-state index is 12.9. The molecule has 0 fully saturated rings. The van der Waals surface area contributed by atoms with E-state index in [-0.39, 0.29) is 24.1 Å². The van der Waals surface area contributed by atoms with Gasteiger partial charge >= 0.3 is 6.18 Å². The number of nitrogens with one attached hydrogen (secondary N) is 1. The van der Waals surface area contributed by atoms with Crippen LogP contribution in [-0.2, 0) is 17.4 Å². The van der Waals surface area contributed by atoms with Crippen molar-refractivity contribution in [2.75, 3.05) is 0 Å². The fraction of sp³-hybridized carbons (Fsp3) is 0.333. The number of hydrogen-bond donors (Lipinski definition) is 1. The third-order valence-electron chi connectivity index (χ3n) is 5.15. The molecule has 0 saturated carbocycles. The van der Waals surface area contributed by atoms with E-state index in [1.54, 1.807) is 13.8 Å². The Bertz CT molecular complexity index is 1240. The van der Waals surface area contributed by atoms with Gasteiger partial charge in [0.2, 0.25) is 5.91 Å². The van der Waals surface area contributed by atoms with Gasteiger partial charge in [-0.15, -0.1) is 5.10 Å². The molecule has 0 aliphatic carbocycles. The molecule has 1 atom stereocenters. The van der Waals surface area contributed by atoms with Crippen molar-refractivity contribution in [3.05, 3.63) is 58.9 Å². The van der Waals surface area contributed by atoms with Crippen molar-refractivity contribution < 1.29 is 22.4 Å². The summed E-state index contributed by atoms with van der Waals surface area (Å²) in [7, 11) is 0. The lowest BCUT2D eigenvalue weighted by atomic mass is 10.1. The molecule has 0 aliphatic rings. The number of halogens is 3. The molecule has 0 radical (unpaired) electrons. The van der Waals surface area contributed by atoms with Gasteiger partial charge in [-0.1, -0.05) is 18.2 Å². The predicted molar refractivity (Wildman–Crippen MR) is 106 cm³/mol. The summed E-state index contributed by atoms with van der Waals surface area (Å²) >= 11 is 0. The average molecular weight is 431 g/mol. The second-order valence-corrected chi connectivity index (χ2v) is 7.38. The Labute approximate surface area is 175 Å². The monoisotopic (exact) mass is 431 g/mol. The highest BCUT2D eigenvalue weighted by Crippen LogP contribution is 2.27. The van der Waals surface area contributed by atoms with Crippen LogP contribution in [-0.4, -0.2) is 25.5 Å². The van der Waals surface area contributed by atoms with Crippen LogP contribution in [0.4, 0.5) is 13.2 Å². The first kappa shape index (κ1) is 20.8. The molecule has 7 nitrogen and oxygen atoms in total. The molecule has 1 N–H and O–H groups in total. The number of furan rings is 1. The van der Waals surface area contributed by atoms with Crippen molar-refractivity contribution in [3.63, 3.8) is 0 Å². The number of aryl methyl sites for hydroxylation is 2. The number of benzene rings is 1. The minimum atomic E-state index is -4.65. The van der Waals surface area contributed by atoms with Crippen molar-refractivity contribution in [1.29, 1.82) is 0 Å². The second-order valence-electron chi connectivity index (χ2n) is 7.38. The molecule has 3 aromatic heterocycles. The van der Waals surface area contributed by atoms with E-state index in [0.717, 1.165) is 15.5 Å². The minimum absolute atomic E-state index is 0.117. The molecule has 1 aromatic carbocycles. The zero-order chi connectivity index (χ0) is 22.3. The quantitative estimate of drug-likeness (QED) is 0.509. The van der Waals surface area contributed by atoms with E-state index in [4.69, 9.17) is 4.42 Å². The van der Waals surface area contributed by atoms with Gasteiger partial charge in [-0.3, -0.25) is 4.79 Å². The highest BCUT2D eigenvalue weighted by atomic mass is 19.4. The summed E-state index contributed by atoms with van der Waals surface area (Å²) in [5.74, 6) is -0.917. The summed E-state index contributed by atoms with van der Waals surface area (Å²) in [6.07, 6.45) is -4.21. The lowest BCUT2D eigenvalue weighted by molar-refractivity contribution is -0.144. The number of aromatic nitrogens is 4. The Morgan fingerprint density at radius 3 is 2.68 bits per heavy atom. The van der Waals surface area contributed by atoms with Gasteiger partial charge in [0.25, 0.3) is 11.6 Å². The first-order valence-corrected chi connectivity index (χ1v) is 9.71. The zero-order valence-corrected chi connectivity index (χ0v) is 17.1. The summed E-state index contributed by atoms with van der Waals surface area (Å²) in [4.78, 5) is 20.1. The maximum Gasteiger partial charge on any atom is 0.453 e. The molecule has 4 aromatic rings. The van der Waals surface area contributed by atoms with Crippen molar-refractivity contribution in [1.82, 2.24) is 24.9 Å². The molecule has 4 rings (SSSR count). The molecule has 1 amide bonds. The molecule has 0 spiro atoms. The number of nitrogens with zero attached hydrogens (tertiary/aromatic N) is 4. The molecule has 0 saturated heterocycles. The van der Waals surface area contributed by atoms with Crippen LogP contribution in [0.2, 0.25) is 0 Å². The van der Waals surface area contributed by atoms with Gasteiger partial charge in [0, 0.05) is 23.2 Å². The molecule has 0 aliphatic heterocycles. The van der Waals surface area contributed by atoms with E-state index in [1.807, 2.05) is 37.3 Å². The number of carbonyl (C=O) groups excluding carboxylic acids is 1. The summed E-state index contributed by atoms with van der Waals surface area (Å²) in [6, 6.07) is 9.13. The van der Waals surface area contributed by atoms with Crippen LogP contribution in [0.3, 0.4) is 0 Å². The van der Waals surface area contributed by atoms with Crippen LogP contribution in [0.25, 0.3) is 16.7 Å². The topological polar surface area (TPSA) is 85.3 Å². The first-order valence-electron chi connectivity index (χ1n) is 9.71. The smallest absolute Gasteiger partial charge is 0.453 e. The Balaban J connectivity index is 1.47. The normalized spacial score (nSPS) is 13.1. The zero-order valence-electron chi connectivity index (χ0n) is 17.1. The Morgan fingerprint density at radius 2 is 1.97 bits per heavy atom. The van der Waals surface area contributed by atoms with E-state index < -0.39 is 12.0 Å². The van der Waals surface area contributed by atoms with Crippen LogP contribution < -0.4 is 5.32 Å². The Morgan fingerprint density at radius 1 is 1.23 bits per heavy atom. The molecule has 10 heteroatoms. The van der Waals surface area contributed by atoms with Gasteiger partial charge in [-0.05, 0) is 44.9 Å². The van der Waals surface area contributed by atoms with E-state index in [2.05, 4.69) is 20.4 Å². The van der Waals surface area contributed by atoms with Crippen LogP contribution in [0.15, 0.2) is 34.7 Å². The van der Waals surface area contributed by atoms with Crippen molar-refractivity contribution in [3.8, 4) is 0 Å². The number of hydrogen-bond acceptors (Lipinski definition) is 5. The first-order chi connectivity index (χ1) is 14.6. The predicted octanol–water partition coefficient (Wildman–Crippen LogP) is 4.32. The Hall–Kier alpha value is -3.43. The van der Waals surface area contributed by atoms with Gasteiger partial charge in [-0.2, -0.15) is 18.2 Å². The van der Waals surface area contributed by atoms with E-state index in [9.17, 15) is 18.0 Å². The number of fused-ring (bicyclic) bond motifs is 2. The van der Waals surface area contributed by atoms with Gasteiger partial charge in [-0.25, -0.2) is 9.50 Å². The van der Waals surface area contributed by atoms with Crippen LogP contribution in [0, 0.1) is 13.8 Å². The van der Waals surface area contributed by atoms with Gasteiger partial charge in [0.1, 0.15) is 11.3 Å². The van der Waals surface area contributed by atoms with Crippen LogP contribution in [0.5, 0.6) is 0 Å². The standard InChI is InChI=1S/C21H20F3N5O2/c1-11-15(13(3)29-20(26-11)27-19(28-29)21(22,23)24)8-9-18(30)25-12(2)17-10-14-6-4-5-7-16(14)31-17/h4-7,10,12H,8-9H2,1-3H3,(H,25,30). The van der Waals surface area contributed by atoms with Crippen molar-refractivity contribution in [2.45, 2.75) is 45.8 Å². The highest BCUT2D eigenvalue weighted by molar-refractivity contribution is 5.79. The molecule has 31 heavy (non-hydrogen) atoms. The van der Waals surface area contributed by atoms with E-state index >= 15 is 0 Å². The summed E-state index contributed by atoms with van der Waals surface area (Å²) in [5.41, 5.74) is 2.40. The summed E-state index contributed by atoms with van der Waals surface area (Å²) < 4.78 is 45.6. The lowest BCUT2D eigenvalue weighted by Crippen LogP contribution is -2.26. The molecule has 3 heterocycles. The average Bonchev–Trinajstić information content (AvgIpc) is 3.31. The van der Waals surface area contributed by atoms with E-state index in [0.29, 0.717) is 29.1 Å². The van der Waals surface area contributed by atoms with Crippen molar-refractivity contribution >= 4 is 22.7 Å². The largest absolute Gasteiger partial charge is 0.459 e. The molecule has 0 bridgehead atoms. The molecular formula is C21H20F3N5O2. The summed E-state index contributed by atoms with van der Waals surface area (Å²) in [5, 5.41) is 7.37. The maximum atomic E-state index is 12.9. The third kappa shape index (κ3) is 4.10. The van der Waals surface area contributed by atoms with Crippen molar-refractivity contribution in [2.24, 2.45) is 0 Å². The second kappa shape index (κ2) is 7.68. The SMILES string of the molecule is Cc1nc2nc(C(F)(F)F)nn2c(C)c1CCC(=O)NC(C)c1cc2ccccc2o1. The third-order valence-corrected chi connectivity index (χ3v) is 5.15. The van der Waals surface area contributed by atoms with Crippen LogP contribution in [0.1, 0.15) is 47.9 Å². The minimum Gasteiger partial charge on any atom is -0.459 e. The number of para-hydroxylation sites is 1. The Kier molecular flexibility index (Phi) is 5.16. The fourth-order valence-corrected chi connectivity index (χ4v) is 3.53. The number of alkyl halides is 3. The molecule has 1 unspecified atom stereocenters. The highest BCUT2D eigenvalue weighted by Gasteiger charge is 2.37. The fourth-order valence-electron chi connectivity index (χ4n) is 3.53. The summed E-state index contributed by atoms with van der Waals surface area (Å²) in [6.45, 7) is 5.15. The number of rotatable bonds is 5. The van der Waals surface area contributed by atoms with Gasteiger partial charge in [0.15, 0.2) is 0 Å². The number of carbonyl (C=O) groups is 1. The molecule has 162 valence electrons. The van der Waals surface area contributed by atoms with E-state index in [1.165, 1.54) is 0 Å². The number of amides is 1. The molecular weight excluding hydrogens is 411 g/mol. The lowest BCUT2D eigenvalue weighted by Gasteiger charge is -2.13. The van der Waals surface area contributed by atoms with Gasteiger partial charge in [0.05, 0.1) is 6.04 Å². The van der Waals surface area contributed by atoms with Gasteiger partial charge < -0.3 is 9.73 Å².